The van der Waals surface area contributed by atoms with Gasteiger partial charge in [-0.05, 0) is 62.4 Å². The van der Waals surface area contributed by atoms with Gasteiger partial charge in [-0.25, -0.2) is 4.68 Å². The summed E-state index contributed by atoms with van der Waals surface area (Å²) in [6.07, 6.45) is 3.51. The Labute approximate surface area is 222 Å². The Morgan fingerprint density at radius 3 is 2.53 bits per heavy atom. The number of para-hydroxylation sites is 1. The van der Waals surface area contributed by atoms with Crippen LogP contribution in [0.15, 0.2) is 48.5 Å². The van der Waals surface area contributed by atoms with E-state index < -0.39 is 6.04 Å². The Morgan fingerprint density at radius 1 is 1.08 bits per heavy atom. The maximum Gasteiger partial charge on any atom is 0.247 e. The number of carbonyl (C=O) groups excluding carboxylic acids is 2. The van der Waals surface area contributed by atoms with Crippen LogP contribution in [-0.4, -0.2) is 76.8 Å². The highest BCUT2D eigenvalue weighted by Gasteiger charge is 2.35. The summed E-state index contributed by atoms with van der Waals surface area (Å²) in [6.45, 7) is 4.49. The molecule has 2 aliphatic heterocycles. The molecule has 10 heteroatoms. The van der Waals surface area contributed by atoms with E-state index in [1.165, 1.54) is 0 Å². The summed E-state index contributed by atoms with van der Waals surface area (Å²) in [6, 6.07) is 14.0. The molecular weight excluding hydrogens is 486 g/mol. The maximum absolute atomic E-state index is 13.9. The van der Waals surface area contributed by atoms with Gasteiger partial charge >= 0.3 is 0 Å². The minimum atomic E-state index is -0.849. The Bertz CT molecular complexity index is 1220. The van der Waals surface area contributed by atoms with Gasteiger partial charge in [0.05, 0.1) is 24.3 Å². The molecule has 0 radical (unpaired) electrons. The molecule has 2 amide bonds. The van der Waals surface area contributed by atoms with E-state index in [4.69, 9.17) is 14.2 Å². The van der Waals surface area contributed by atoms with E-state index in [9.17, 15) is 9.59 Å². The fraction of sp³-hybridized carbons (Fsp3) is 0.500. The van der Waals surface area contributed by atoms with Crippen molar-refractivity contribution < 1.29 is 23.8 Å². The number of carbonyl (C=O) groups is 2. The summed E-state index contributed by atoms with van der Waals surface area (Å²) >= 11 is 0. The van der Waals surface area contributed by atoms with Crippen LogP contribution in [0.2, 0.25) is 0 Å². The van der Waals surface area contributed by atoms with Crippen LogP contribution in [0.5, 0.6) is 5.75 Å². The van der Waals surface area contributed by atoms with Crippen molar-refractivity contribution in [2.75, 3.05) is 32.9 Å². The molecular formula is C28H35N5O5. The van der Waals surface area contributed by atoms with Gasteiger partial charge in [-0.2, -0.15) is 0 Å². The second kappa shape index (κ2) is 12.4. The van der Waals surface area contributed by atoms with Crippen molar-refractivity contribution in [2.24, 2.45) is 0 Å². The number of hydrogen-bond acceptors (Lipinski definition) is 7. The lowest BCUT2D eigenvalue weighted by molar-refractivity contribution is -0.143. The third-order valence-corrected chi connectivity index (χ3v) is 7.04. The van der Waals surface area contributed by atoms with E-state index in [1.807, 2.05) is 55.5 Å². The van der Waals surface area contributed by atoms with E-state index >= 15 is 0 Å². The van der Waals surface area contributed by atoms with Crippen LogP contribution < -0.4 is 10.1 Å². The molecule has 0 saturated carbocycles. The van der Waals surface area contributed by atoms with E-state index in [2.05, 4.69) is 15.6 Å². The molecule has 1 aromatic heterocycles. The maximum atomic E-state index is 13.9. The second-order valence-corrected chi connectivity index (χ2v) is 9.70. The molecule has 3 aromatic rings. The first-order chi connectivity index (χ1) is 18.6. The van der Waals surface area contributed by atoms with Crippen molar-refractivity contribution >= 4 is 22.8 Å². The average molecular weight is 522 g/mol. The van der Waals surface area contributed by atoms with Crippen LogP contribution in [0, 0.1) is 0 Å². The molecule has 1 N–H and O–H groups in total. The lowest BCUT2D eigenvalue weighted by Crippen LogP contribution is -2.48. The largest absolute Gasteiger partial charge is 0.494 e. The molecule has 5 rings (SSSR count). The zero-order valence-corrected chi connectivity index (χ0v) is 21.8. The number of aromatic nitrogens is 3. The van der Waals surface area contributed by atoms with Gasteiger partial charge < -0.3 is 24.4 Å². The highest BCUT2D eigenvalue weighted by Crippen LogP contribution is 2.27. The molecule has 38 heavy (non-hydrogen) atoms. The number of nitrogens with zero attached hydrogens (tertiary/aromatic N) is 4. The molecule has 3 atom stereocenters. The molecule has 2 saturated heterocycles. The van der Waals surface area contributed by atoms with Crippen LogP contribution in [0.25, 0.3) is 11.0 Å². The van der Waals surface area contributed by atoms with Crippen molar-refractivity contribution in [3.05, 3.63) is 54.1 Å². The van der Waals surface area contributed by atoms with E-state index in [1.54, 1.807) is 9.58 Å². The zero-order chi connectivity index (χ0) is 26.3. The molecule has 2 aliphatic rings. The smallest absolute Gasteiger partial charge is 0.247 e. The van der Waals surface area contributed by atoms with Crippen LogP contribution in [-0.2, 0) is 25.6 Å². The standard InChI is InChI=1S/C28H35N5O5/c1-2-36-21-13-11-20(12-14-21)27(28(35)29-17-22-7-5-15-37-22)32(18-23-8-6-16-38-23)26(34)19-33-25-10-4-3-9-24(25)30-31-33/h3-4,9-14,22-23,27H,2,5-8,15-19H2,1H3,(H,29,35)/t22-,23+,27+/m0/s1. The minimum absolute atomic E-state index is 0.0104. The number of amides is 2. The Kier molecular flexibility index (Phi) is 8.50. The molecule has 2 fully saturated rings. The average Bonchev–Trinajstić information content (AvgIpc) is 3.71. The van der Waals surface area contributed by atoms with Gasteiger partial charge in [0.15, 0.2) is 0 Å². The summed E-state index contributed by atoms with van der Waals surface area (Å²) in [5.74, 6) is 0.225. The van der Waals surface area contributed by atoms with Crippen LogP contribution >= 0.6 is 0 Å². The third kappa shape index (κ3) is 6.14. The first-order valence-electron chi connectivity index (χ1n) is 13.4. The summed E-state index contributed by atoms with van der Waals surface area (Å²) in [7, 11) is 0. The van der Waals surface area contributed by atoms with Crippen molar-refractivity contribution in [2.45, 2.75) is 57.4 Å². The number of ether oxygens (including phenoxy) is 3. The van der Waals surface area contributed by atoms with E-state index in [0.717, 1.165) is 31.2 Å². The Balaban J connectivity index is 1.44. The molecule has 0 bridgehead atoms. The molecule has 3 heterocycles. The van der Waals surface area contributed by atoms with Gasteiger partial charge in [0, 0.05) is 26.3 Å². The highest BCUT2D eigenvalue weighted by molar-refractivity contribution is 5.89. The third-order valence-electron chi connectivity index (χ3n) is 7.04. The SMILES string of the molecule is CCOc1ccc([C@H](C(=O)NC[C@@H]2CCCO2)N(C[C@H]2CCCO2)C(=O)Cn2nnc3ccccc32)cc1. The van der Waals surface area contributed by atoms with Crippen LogP contribution in [0.4, 0.5) is 0 Å². The van der Waals surface area contributed by atoms with Crippen LogP contribution in [0.3, 0.4) is 0 Å². The minimum Gasteiger partial charge on any atom is -0.494 e. The fourth-order valence-corrected chi connectivity index (χ4v) is 5.11. The summed E-state index contributed by atoms with van der Waals surface area (Å²) in [5.41, 5.74) is 2.18. The predicted molar refractivity (Wildman–Crippen MR) is 141 cm³/mol. The number of nitrogens with one attached hydrogen (secondary N) is 1. The topological polar surface area (TPSA) is 108 Å². The molecule has 202 valence electrons. The van der Waals surface area contributed by atoms with Crippen molar-refractivity contribution in [1.82, 2.24) is 25.2 Å². The van der Waals surface area contributed by atoms with Crippen molar-refractivity contribution in [1.29, 1.82) is 0 Å². The molecule has 0 unspecified atom stereocenters. The van der Waals surface area contributed by atoms with Crippen LogP contribution in [0.1, 0.15) is 44.2 Å². The number of hydrogen-bond donors (Lipinski definition) is 1. The van der Waals surface area contributed by atoms with E-state index in [0.29, 0.717) is 49.7 Å². The Hall–Kier alpha value is -3.50. The molecule has 0 aliphatic carbocycles. The normalized spacial score (nSPS) is 19.9. The van der Waals surface area contributed by atoms with Crippen molar-refractivity contribution in [3.8, 4) is 5.75 Å². The molecule has 2 aromatic carbocycles. The number of benzene rings is 2. The van der Waals surface area contributed by atoms with Gasteiger partial charge in [0.2, 0.25) is 11.8 Å². The zero-order valence-electron chi connectivity index (χ0n) is 21.8. The number of fused-ring (bicyclic) bond motifs is 1. The highest BCUT2D eigenvalue weighted by atomic mass is 16.5. The van der Waals surface area contributed by atoms with Gasteiger partial charge in [0.25, 0.3) is 0 Å². The first kappa shape index (κ1) is 26.1. The Morgan fingerprint density at radius 2 is 1.82 bits per heavy atom. The van der Waals surface area contributed by atoms with Gasteiger partial charge in [-0.1, -0.05) is 29.5 Å². The predicted octanol–water partition coefficient (Wildman–Crippen LogP) is 2.87. The fourth-order valence-electron chi connectivity index (χ4n) is 5.11. The van der Waals surface area contributed by atoms with Gasteiger partial charge in [-0.15, -0.1) is 5.10 Å². The first-order valence-corrected chi connectivity index (χ1v) is 13.4. The quantitative estimate of drug-likeness (QED) is 0.413. The second-order valence-electron chi connectivity index (χ2n) is 9.70. The summed E-state index contributed by atoms with van der Waals surface area (Å²) in [4.78, 5) is 29.4. The molecule has 10 nitrogen and oxygen atoms in total. The monoisotopic (exact) mass is 521 g/mol. The lowest BCUT2D eigenvalue weighted by Gasteiger charge is -2.33. The number of rotatable bonds is 11. The van der Waals surface area contributed by atoms with Gasteiger partial charge in [0.1, 0.15) is 23.9 Å². The van der Waals surface area contributed by atoms with Gasteiger partial charge in [-0.3, -0.25) is 9.59 Å². The molecule has 0 spiro atoms. The summed E-state index contributed by atoms with van der Waals surface area (Å²) < 4.78 is 18.8. The van der Waals surface area contributed by atoms with E-state index in [-0.39, 0.29) is 30.6 Å². The van der Waals surface area contributed by atoms with Crippen molar-refractivity contribution in [3.63, 3.8) is 0 Å². The summed E-state index contributed by atoms with van der Waals surface area (Å²) in [5, 5.41) is 11.4. The lowest BCUT2D eigenvalue weighted by atomic mass is 10.0.